The predicted octanol–water partition coefficient (Wildman–Crippen LogP) is 2.79. The number of hydrogen-bond acceptors (Lipinski definition) is 4. The van der Waals surface area contributed by atoms with Crippen LogP contribution in [0.3, 0.4) is 0 Å². The molecule has 0 bridgehead atoms. The number of benzene rings is 1. The van der Waals surface area contributed by atoms with Crippen LogP contribution in [0.2, 0.25) is 5.02 Å². The molecule has 1 N–H and O–H groups in total. The second kappa shape index (κ2) is 4.40. The zero-order valence-electron chi connectivity index (χ0n) is 10.1. The molecular formula is C12H14ClNO4. The number of ether oxygens (including phenoxy) is 1. The van der Waals surface area contributed by atoms with E-state index in [2.05, 4.69) is 0 Å². The monoisotopic (exact) mass is 271 g/mol. The lowest BCUT2D eigenvalue weighted by Crippen LogP contribution is -2.56. The fourth-order valence-corrected chi connectivity index (χ4v) is 2.11. The summed E-state index contributed by atoms with van der Waals surface area (Å²) in [6.07, 6.45) is -0.221. The van der Waals surface area contributed by atoms with Gasteiger partial charge in [-0.2, -0.15) is 0 Å². The standard InChI is InChI=1S/C12H14ClNO4/c1-12(2)10(15)6-11(12)18-9-5-7(13)3-4-8(9)14(16)17/h3-5,10-11,15H,6H2,1-2H3. The first-order chi connectivity index (χ1) is 8.32. The van der Waals surface area contributed by atoms with Gasteiger partial charge in [-0.3, -0.25) is 10.1 Å². The normalized spacial score (nSPS) is 25.3. The van der Waals surface area contributed by atoms with Crippen LogP contribution in [0, 0.1) is 15.5 Å². The van der Waals surface area contributed by atoms with Gasteiger partial charge in [-0.05, 0) is 6.07 Å². The van der Waals surface area contributed by atoms with E-state index in [0.717, 1.165) is 0 Å². The van der Waals surface area contributed by atoms with Gasteiger partial charge in [0.25, 0.3) is 0 Å². The van der Waals surface area contributed by atoms with Gasteiger partial charge in [-0.25, -0.2) is 0 Å². The number of rotatable bonds is 3. The molecule has 5 nitrogen and oxygen atoms in total. The van der Waals surface area contributed by atoms with Crippen molar-refractivity contribution in [2.45, 2.75) is 32.5 Å². The van der Waals surface area contributed by atoms with E-state index in [-0.39, 0.29) is 17.5 Å². The molecule has 0 saturated heterocycles. The molecule has 0 aromatic heterocycles. The quantitative estimate of drug-likeness (QED) is 0.678. The minimum absolute atomic E-state index is 0.114. The van der Waals surface area contributed by atoms with Crippen molar-refractivity contribution in [1.29, 1.82) is 0 Å². The Hall–Kier alpha value is -1.33. The van der Waals surface area contributed by atoms with Gasteiger partial charge in [0, 0.05) is 29.0 Å². The minimum Gasteiger partial charge on any atom is -0.483 e. The molecule has 98 valence electrons. The van der Waals surface area contributed by atoms with Crippen LogP contribution in [0.5, 0.6) is 5.75 Å². The van der Waals surface area contributed by atoms with E-state index >= 15 is 0 Å². The molecule has 1 aliphatic rings. The topological polar surface area (TPSA) is 72.6 Å². The maximum atomic E-state index is 10.9. The first kappa shape index (κ1) is 13.1. The number of nitro groups is 1. The number of nitrogens with zero attached hydrogens (tertiary/aromatic N) is 1. The summed E-state index contributed by atoms with van der Waals surface area (Å²) >= 11 is 5.81. The zero-order chi connectivity index (χ0) is 13.5. The van der Waals surface area contributed by atoms with Gasteiger partial charge in [-0.1, -0.05) is 25.4 Å². The van der Waals surface area contributed by atoms with E-state index in [1.807, 2.05) is 13.8 Å². The van der Waals surface area contributed by atoms with Gasteiger partial charge in [0.1, 0.15) is 6.10 Å². The van der Waals surface area contributed by atoms with Crippen molar-refractivity contribution in [2.75, 3.05) is 0 Å². The average molecular weight is 272 g/mol. The van der Waals surface area contributed by atoms with Crippen molar-refractivity contribution in [2.24, 2.45) is 5.41 Å². The van der Waals surface area contributed by atoms with Crippen LogP contribution < -0.4 is 4.74 Å². The molecule has 0 radical (unpaired) electrons. The summed E-state index contributed by atoms with van der Waals surface area (Å²) in [6.45, 7) is 3.73. The van der Waals surface area contributed by atoms with E-state index < -0.39 is 16.4 Å². The Bertz CT molecular complexity index is 489. The lowest BCUT2D eigenvalue weighted by atomic mass is 9.66. The van der Waals surface area contributed by atoms with Gasteiger partial charge in [0.2, 0.25) is 0 Å². The minimum atomic E-state index is -0.506. The van der Waals surface area contributed by atoms with Crippen molar-refractivity contribution < 1.29 is 14.8 Å². The molecule has 1 aromatic rings. The van der Waals surface area contributed by atoms with E-state index in [0.29, 0.717) is 11.4 Å². The summed E-state index contributed by atoms with van der Waals surface area (Å²) < 4.78 is 5.62. The Morgan fingerprint density at radius 2 is 2.22 bits per heavy atom. The molecule has 6 heteroatoms. The number of aliphatic hydroxyl groups is 1. The van der Waals surface area contributed by atoms with Crippen LogP contribution in [0.15, 0.2) is 18.2 Å². The Labute approximate surface area is 109 Å². The Morgan fingerprint density at radius 1 is 1.56 bits per heavy atom. The molecule has 0 heterocycles. The van der Waals surface area contributed by atoms with Crippen molar-refractivity contribution in [3.63, 3.8) is 0 Å². The highest BCUT2D eigenvalue weighted by Crippen LogP contribution is 2.44. The van der Waals surface area contributed by atoms with Gasteiger partial charge >= 0.3 is 5.69 Å². The first-order valence-electron chi connectivity index (χ1n) is 5.61. The summed E-state index contributed by atoms with van der Waals surface area (Å²) in [5.74, 6) is 0.150. The van der Waals surface area contributed by atoms with Crippen molar-refractivity contribution >= 4 is 17.3 Å². The number of nitro benzene ring substituents is 1. The second-order valence-corrected chi connectivity index (χ2v) is 5.48. The molecule has 0 spiro atoms. The van der Waals surface area contributed by atoms with Crippen LogP contribution in [0.4, 0.5) is 5.69 Å². The summed E-state index contributed by atoms with van der Waals surface area (Å²) in [7, 11) is 0. The molecule has 1 saturated carbocycles. The molecule has 1 aliphatic carbocycles. The number of halogens is 1. The molecule has 1 fully saturated rings. The fourth-order valence-electron chi connectivity index (χ4n) is 1.95. The van der Waals surface area contributed by atoms with Crippen LogP contribution in [0.25, 0.3) is 0 Å². The average Bonchev–Trinajstić information content (AvgIpc) is 2.28. The molecule has 1 aromatic carbocycles. The molecule has 2 rings (SSSR count). The Kier molecular flexibility index (Phi) is 3.21. The van der Waals surface area contributed by atoms with Gasteiger partial charge in [-0.15, -0.1) is 0 Å². The zero-order valence-corrected chi connectivity index (χ0v) is 10.8. The first-order valence-corrected chi connectivity index (χ1v) is 5.99. The highest BCUT2D eigenvalue weighted by atomic mass is 35.5. The molecule has 2 atom stereocenters. The van der Waals surface area contributed by atoms with Crippen LogP contribution in [-0.4, -0.2) is 22.2 Å². The number of aliphatic hydroxyl groups excluding tert-OH is 1. The fraction of sp³-hybridized carbons (Fsp3) is 0.500. The van der Waals surface area contributed by atoms with Gasteiger partial charge in [0.05, 0.1) is 11.0 Å². The maximum absolute atomic E-state index is 10.9. The van der Waals surface area contributed by atoms with Crippen LogP contribution >= 0.6 is 11.6 Å². The van der Waals surface area contributed by atoms with E-state index in [4.69, 9.17) is 16.3 Å². The summed E-state index contributed by atoms with van der Waals surface area (Å²) in [6, 6.07) is 4.20. The summed E-state index contributed by atoms with van der Waals surface area (Å²) in [5.41, 5.74) is -0.521. The van der Waals surface area contributed by atoms with Crippen LogP contribution in [0.1, 0.15) is 20.3 Å². The highest BCUT2D eigenvalue weighted by molar-refractivity contribution is 6.30. The Morgan fingerprint density at radius 3 is 2.72 bits per heavy atom. The van der Waals surface area contributed by atoms with Crippen LogP contribution in [-0.2, 0) is 0 Å². The molecular weight excluding hydrogens is 258 g/mol. The van der Waals surface area contributed by atoms with Gasteiger partial charge in [0.15, 0.2) is 5.75 Å². The summed E-state index contributed by atoms with van der Waals surface area (Å²) in [5, 5.41) is 20.9. The molecule has 0 amide bonds. The van der Waals surface area contributed by atoms with Crippen molar-refractivity contribution in [1.82, 2.24) is 0 Å². The smallest absolute Gasteiger partial charge is 0.311 e. The third kappa shape index (κ3) is 2.15. The largest absolute Gasteiger partial charge is 0.483 e. The van der Waals surface area contributed by atoms with E-state index in [9.17, 15) is 15.2 Å². The molecule has 2 unspecified atom stereocenters. The summed E-state index contributed by atoms with van der Waals surface area (Å²) in [4.78, 5) is 10.4. The predicted molar refractivity (Wildman–Crippen MR) is 66.9 cm³/mol. The number of hydrogen-bond donors (Lipinski definition) is 1. The maximum Gasteiger partial charge on any atom is 0.311 e. The highest BCUT2D eigenvalue weighted by Gasteiger charge is 2.49. The second-order valence-electron chi connectivity index (χ2n) is 5.05. The van der Waals surface area contributed by atoms with Crippen molar-refractivity contribution in [3.8, 4) is 5.75 Å². The van der Waals surface area contributed by atoms with Crippen molar-refractivity contribution in [3.05, 3.63) is 33.3 Å². The Balaban J connectivity index is 2.24. The SMILES string of the molecule is CC1(C)C(O)CC1Oc1cc(Cl)ccc1[N+](=O)[O-]. The van der Waals surface area contributed by atoms with E-state index in [1.54, 1.807) is 0 Å². The molecule has 18 heavy (non-hydrogen) atoms. The lowest BCUT2D eigenvalue weighted by molar-refractivity contribution is -0.386. The lowest BCUT2D eigenvalue weighted by Gasteiger charge is -2.48. The third-order valence-electron chi connectivity index (χ3n) is 3.51. The van der Waals surface area contributed by atoms with E-state index in [1.165, 1.54) is 18.2 Å². The third-order valence-corrected chi connectivity index (χ3v) is 3.75. The molecule has 0 aliphatic heterocycles. The van der Waals surface area contributed by atoms with Gasteiger partial charge < -0.3 is 9.84 Å².